The summed E-state index contributed by atoms with van der Waals surface area (Å²) in [5.41, 5.74) is 6.04. The molecule has 0 saturated carbocycles. The summed E-state index contributed by atoms with van der Waals surface area (Å²) in [6.07, 6.45) is 4.27. The van der Waals surface area contributed by atoms with Crippen molar-refractivity contribution < 1.29 is 9.53 Å². The Labute approximate surface area is 232 Å². The van der Waals surface area contributed by atoms with E-state index in [-0.39, 0.29) is 5.97 Å². The van der Waals surface area contributed by atoms with Gasteiger partial charge >= 0.3 is 5.97 Å². The van der Waals surface area contributed by atoms with Gasteiger partial charge in [0.25, 0.3) is 0 Å². The predicted octanol–water partition coefficient (Wildman–Crippen LogP) is 7.80. The minimum atomic E-state index is -0.324. The molecule has 5 rings (SSSR count). The molecule has 0 unspecified atom stereocenters. The highest BCUT2D eigenvalue weighted by Gasteiger charge is 2.17. The number of benzene rings is 4. The van der Waals surface area contributed by atoms with Crippen molar-refractivity contribution in [2.75, 3.05) is 25.1 Å². The van der Waals surface area contributed by atoms with E-state index < -0.39 is 0 Å². The number of hydrogen-bond donors (Lipinski definition) is 0. The maximum Gasteiger partial charge on any atom is 0.337 e. The van der Waals surface area contributed by atoms with Crippen LogP contribution >= 0.6 is 23.4 Å². The zero-order valence-corrected chi connectivity index (χ0v) is 22.6. The van der Waals surface area contributed by atoms with Gasteiger partial charge in [-0.05, 0) is 65.7 Å². The summed E-state index contributed by atoms with van der Waals surface area (Å²) in [6, 6.07) is 32.3. The van der Waals surface area contributed by atoms with Gasteiger partial charge in [0.15, 0.2) is 0 Å². The second-order valence-electron chi connectivity index (χ2n) is 8.82. The first-order valence-electron chi connectivity index (χ1n) is 12.4. The van der Waals surface area contributed by atoms with E-state index in [1.165, 1.54) is 12.0 Å². The van der Waals surface area contributed by atoms with Crippen LogP contribution in [0.25, 0.3) is 6.08 Å². The number of hydrogen-bond acceptors (Lipinski definition) is 5. The summed E-state index contributed by atoms with van der Waals surface area (Å²) >= 11 is 7.78. The van der Waals surface area contributed by atoms with Gasteiger partial charge in [-0.25, -0.2) is 4.79 Å². The molecule has 0 aliphatic carbocycles. The van der Waals surface area contributed by atoms with Gasteiger partial charge in [-0.3, -0.25) is 4.99 Å². The number of carbonyl (C=O) groups excluding carboxylic acids is 1. The molecule has 1 aliphatic heterocycles. The van der Waals surface area contributed by atoms with Gasteiger partial charge in [-0.15, -0.1) is 0 Å². The lowest BCUT2D eigenvalue weighted by Crippen LogP contribution is -2.25. The van der Waals surface area contributed by atoms with E-state index in [9.17, 15) is 4.79 Å². The molecule has 0 radical (unpaired) electrons. The van der Waals surface area contributed by atoms with Crippen molar-refractivity contribution in [1.29, 1.82) is 0 Å². The van der Waals surface area contributed by atoms with Crippen molar-refractivity contribution in [2.45, 2.75) is 16.3 Å². The molecule has 38 heavy (non-hydrogen) atoms. The number of esters is 1. The molecule has 0 spiro atoms. The first-order valence-corrected chi connectivity index (χ1v) is 13.6. The maximum absolute atomic E-state index is 11.8. The summed E-state index contributed by atoms with van der Waals surface area (Å²) < 4.78 is 4.82. The van der Waals surface area contributed by atoms with Gasteiger partial charge < -0.3 is 9.64 Å². The fraction of sp³-hybridized carbons (Fsp3) is 0.125. The van der Waals surface area contributed by atoms with E-state index in [0.717, 1.165) is 51.1 Å². The smallest absolute Gasteiger partial charge is 0.337 e. The van der Waals surface area contributed by atoms with Crippen LogP contribution in [-0.2, 0) is 11.3 Å². The predicted molar refractivity (Wildman–Crippen MR) is 158 cm³/mol. The molecular formula is C32H27ClN2O2S. The van der Waals surface area contributed by atoms with Gasteiger partial charge in [0.2, 0.25) is 0 Å². The molecule has 0 N–H and O–H groups in total. The molecule has 6 heteroatoms. The van der Waals surface area contributed by atoms with Crippen LogP contribution < -0.4 is 4.90 Å². The van der Waals surface area contributed by atoms with Gasteiger partial charge in [0.05, 0.1) is 24.9 Å². The lowest BCUT2D eigenvalue weighted by atomic mass is 10.0. The van der Waals surface area contributed by atoms with Crippen LogP contribution in [0, 0.1) is 0 Å². The summed E-state index contributed by atoms with van der Waals surface area (Å²) in [6.45, 7) is 2.22. The number of halogens is 1. The minimum absolute atomic E-state index is 0.324. The second kappa shape index (κ2) is 12.2. The first-order chi connectivity index (χ1) is 18.6. The van der Waals surface area contributed by atoms with Gasteiger partial charge in [-0.1, -0.05) is 78.0 Å². The van der Waals surface area contributed by atoms with Crippen molar-refractivity contribution >= 4 is 46.8 Å². The largest absolute Gasteiger partial charge is 0.465 e. The molecule has 0 aromatic heterocycles. The summed E-state index contributed by atoms with van der Waals surface area (Å²) in [4.78, 5) is 21.4. The number of benzodiazepines with no additional fused rings is 1. The third-order valence-corrected chi connectivity index (χ3v) is 7.65. The van der Waals surface area contributed by atoms with E-state index in [2.05, 4.69) is 65.6 Å². The highest BCUT2D eigenvalue weighted by molar-refractivity contribution is 7.99. The Morgan fingerprint density at radius 1 is 0.947 bits per heavy atom. The molecule has 1 heterocycles. The molecular weight excluding hydrogens is 512 g/mol. The van der Waals surface area contributed by atoms with Crippen molar-refractivity contribution in [1.82, 2.24) is 0 Å². The Morgan fingerprint density at radius 3 is 2.47 bits per heavy atom. The Kier molecular flexibility index (Phi) is 8.27. The summed E-state index contributed by atoms with van der Waals surface area (Å²) in [5.74, 6) is -0.324. The minimum Gasteiger partial charge on any atom is -0.465 e. The quantitative estimate of drug-likeness (QED) is 0.225. The third kappa shape index (κ3) is 6.18. The van der Waals surface area contributed by atoms with Crippen LogP contribution in [0.5, 0.6) is 0 Å². The maximum atomic E-state index is 11.8. The number of carbonyl (C=O) groups is 1. The zero-order chi connectivity index (χ0) is 26.3. The average Bonchev–Trinajstić information content (AvgIpc) is 3.13. The van der Waals surface area contributed by atoms with Crippen molar-refractivity contribution in [3.63, 3.8) is 0 Å². The fourth-order valence-corrected chi connectivity index (χ4v) is 5.42. The number of ether oxygens (including phenoxy) is 1. The van der Waals surface area contributed by atoms with Gasteiger partial charge in [0.1, 0.15) is 0 Å². The number of rotatable bonds is 7. The Hall–Kier alpha value is -3.80. The van der Waals surface area contributed by atoms with Crippen LogP contribution in [0.1, 0.15) is 27.0 Å². The van der Waals surface area contributed by atoms with Crippen molar-refractivity contribution in [3.05, 3.63) is 130 Å². The Bertz CT molecular complexity index is 1480. The van der Waals surface area contributed by atoms with Crippen LogP contribution in [0.15, 0.2) is 118 Å². The number of aliphatic imine (C=N–C) groups is 1. The fourth-order valence-electron chi connectivity index (χ4n) is 4.36. The van der Waals surface area contributed by atoms with Crippen molar-refractivity contribution in [2.24, 2.45) is 4.99 Å². The topological polar surface area (TPSA) is 41.9 Å². The van der Waals surface area contributed by atoms with Crippen LogP contribution in [-0.4, -0.2) is 31.9 Å². The van der Waals surface area contributed by atoms with Gasteiger partial charge in [0, 0.05) is 39.2 Å². The van der Waals surface area contributed by atoms with Crippen LogP contribution in [0.3, 0.4) is 0 Å². The Morgan fingerprint density at radius 2 is 1.68 bits per heavy atom. The molecule has 4 aromatic rings. The van der Waals surface area contributed by atoms with Crippen LogP contribution in [0.2, 0.25) is 5.02 Å². The zero-order valence-electron chi connectivity index (χ0n) is 21.0. The average molecular weight is 539 g/mol. The molecule has 0 fully saturated rings. The number of para-hydroxylation sites is 1. The van der Waals surface area contributed by atoms with E-state index >= 15 is 0 Å². The number of anilines is 1. The van der Waals surface area contributed by atoms with E-state index in [0.29, 0.717) is 12.1 Å². The van der Waals surface area contributed by atoms with E-state index in [4.69, 9.17) is 21.3 Å². The number of nitrogens with zero attached hydrogens (tertiary/aromatic N) is 2. The molecule has 0 amide bonds. The highest BCUT2D eigenvalue weighted by Crippen LogP contribution is 2.32. The number of fused-ring (bicyclic) bond motifs is 1. The Balaban J connectivity index is 1.37. The molecule has 0 bridgehead atoms. The standard InChI is InChI=1S/C32H27ClN2O2S/c1-37-32(36)25-12-10-23(11-13-25)22-35-21-20-34-29(28-7-3-4-8-30(28)35)19-14-24-6-2-5-9-31(24)38-27-17-15-26(33)16-18-27/h2-19H,20-22H2,1H3/b19-14+. The van der Waals surface area contributed by atoms with Crippen molar-refractivity contribution in [3.8, 4) is 0 Å². The molecule has 0 atom stereocenters. The summed E-state index contributed by atoms with van der Waals surface area (Å²) in [5, 5.41) is 0.736. The molecule has 190 valence electrons. The number of allylic oxidation sites excluding steroid dienone is 1. The monoisotopic (exact) mass is 538 g/mol. The lowest BCUT2D eigenvalue weighted by Gasteiger charge is -2.25. The summed E-state index contributed by atoms with van der Waals surface area (Å²) in [7, 11) is 1.40. The number of methoxy groups -OCH3 is 1. The lowest BCUT2D eigenvalue weighted by molar-refractivity contribution is 0.0600. The highest BCUT2D eigenvalue weighted by atomic mass is 35.5. The normalized spacial score (nSPS) is 13.1. The van der Waals surface area contributed by atoms with Gasteiger partial charge in [-0.2, -0.15) is 0 Å². The third-order valence-electron chi connectivity index (χ3n) is 6.30. The SMILES string of the molecule is COC(=O)c1ccc(CN2CCN=C(/C=C/c3ccccc3Sc3ccc(Cl)cc3)c3ccccc32)cc1. The van der Waals surface area contributed by atoms with E-state index in [1.54, 1.807) is 11.8 Å². The van der Waals surface area contributed by atoms with Crippen LogP contribution in [0.4, 0.5) is 5.69 Å². The molecule has 0 saturated heterocycles. The second-order valence-corrected chi connectivity index (χ2v) is 10.4. The molecule has 4 nitrogen and oxygen atoms in total. The molecule has 1 aliphatic rings. The molecule has 4 aromatic carbocycles. The van der Waals surface area contributed by atoms with E-state index in [1.807, 2.05) is 48.5 Å². The first kappa shape index (κ1) is 25.8.